The maximum Gasteiger partial charge on any atom is 0.265 e. The number of halogens is 2. The van der Waals surface area contributed by atoms with Gasteiger partial charge in [-0.3, -0.25) is 5.21 Å². The van der Waals surface area contributed by atoms with Gasteiger partial charge in [0.1, 0.15) is 9.73 Å². The molecular weight excluding hydrogens is 475 g/mol. The van der Waals surface area contributed by atoms with Crippen molar-refractivity contribution in [1.82, 2.24) is 0 Å². The second-order valence-electron chi connectivity index (χ2n) is 6.33. The van der Waals surface area contributed by atoms with Gasteiger partial charge in [-0.2, -0.15) is 4.57 Å². The number of hydrogen-bond acceptors (Lipinski definition) is 7. The molecule has 0 aliphatic carbocycles. The number of hydroxylamine groups is 1. The Morgan fingerprint density at radius 2 is 1.90 bits per heavy atom. The molecule has 4 rings (SSSR count). The summed E-state index contributed by atoms with van der Waals surface area (Å²) >= 11 is 15.1. The molecule has 11 heteroatoms. The summed E-state index contributed by atoms with van der Waals surface area (Å²) < 4.78 is 35.8. The highest BCUT2D eigenvalue weighted by Crippen LogP contribution is 2.46. The second-order valence-corrected chi connectivity index (χ2v) is 10.8. The van der Waals surface area contributed by atoms with Gasteiger partial charge >= 0.3 is 0 Å². The fourth-order valence-corrected chi connectivity index (χ4v) is 5.99. The molecule has 1 aliphatic heterocycles. The maximum absolute atomic E-state index is 11.0. The molecule has 29 heavy (non-hydrogen) atoms. The molecule has 6 nitrogen and oxygen atoms in total. The van der Waals surface area contributed by atoms with Gasteiger partial charge in [-0.15, -0.1) is 0 Å². The molecule has 152 valence electrons. The van der Waals surface area contributed by atoms with Crippen LogP contribution < -0.4 is 9.63 Å². The number of rotatable bonds is 5. The predicted octanol–water partition coefficient (Wildman–Crippen LogP) is 4.73. The fraction of sp³-hybridized carbons (Fsp3) is 0.167. The summed E-state index contributed by atoms with van der Waals surface area (Å²) in [6.07, 6.45) is 2.00. The van der Waals surface area contributed by atoms with Crippen molar-refractivity contribution in [3.05, 3.63) is 56.5 Å². The Labute approximate surface area is 185 Å². The van der Waals surface area contributed by atoms with Crippen molar-refractivity contribution in [1.29, 1.82) is 0 Å². The minimum Gasteiger partial charge on any atom is -0.748 e. The fourth-order valence-electron chi connectivity index (χ4n) is 3.02. The van der Waals surface area contributed by atoms with Crippen molar-refractivity contribution >= 4 is 78.4 Å². The van der Waals surface area contributed by atoms with Gasteiger partial charge in [0.15, 0.2) is 6.54 Å². The van der Waals surface area contributed by atoms with E-state index in [1.54, 1.807) is 24.3 Å². The summed E-state index contributed by atoms with van der Waals surface area (Å²) in [5.74, 6) is -0.446. The van der Waals surface area contributed by atoms with Gasteiger partial charge in [0.25, 0.3) is 5.01 Å². The first-order valence-electron chi connectivity index (χ1n) is 8.45. The number of hydrogen-bond donors (Lipinski definition) is 1. The molecule has 0 bridgehead atoms. The topological polar surface area (TPSA) is 84.6 Å². The minimum atomic E-state index is -4.29. The maximum atomic E-state index is 11.0. The van der Waals surface area contributed by atoms with Crippen LogP contribution in [-0.4, -0.2) is 23.9 Å². The van der Waals surface area contributed by atoms with Crippen molar-refractivity contribution in [3.63, 3.8) is 0 Å². The van der Waals surface area contributed by atoms with E-state index in [1.165, 1.54) is 23.1 Å². The molecule has 0 saturated carbocycles. The number of nitrogens with zero attached hydrogens (tertiary/aromatic N) is 2. The molecule has 0 fully saturated rings. The quantitative estimate of drug-likeness (QED) is 0.412. The van der Waals surface area contributed by atoms with E-state index in [0.29, 0.717) is 27.3 Å². The lowest BCUT2D eigenvalue weighted by molar-refractivity contribution is -0.668. The molecule has 0 radical (unpaired) electrons. The SMILES string of the molecule is O=S(=O)([O-])CCC[n+]1c(C=C2Sc3ccc(Cl)cc3N2O)sc2ccc(Cl)cc21. The Kier molecular flexibility index (Phi) is 5.82. The van der Waals surface area contributed by atoms with Crippen LogP contribution in [0, 0.1) is 0 Å². The zero-order valence-corrected chi connectivity index (χ0v) is 18.7. The van der Waals surface area contributed by atoms with E-state index >= 15 is 0 Å². The third-order valence-corrected chi connectivity index (χ3v) is 7.72. The molecule has 0 atom stereocenters. The second kappa shape index (κ2) is 8.07. The summed E-state index contributed by atoms with van der Waals surface area (Å²) in [5.41, 5.74) is 1.44. The number of fused-ring (bicyclic) bond motifs is 2. The molecule has 0 spiro atoms. The molecule has 1 aromatic heterocycles. The van der Waals surface area contributed by atoms with Crippen LogP contribution in [0.3, 0.4) is 0 Å². The van der Waals surface area contributed by atoms with Gasteiger partial charge in [-0.05, 0) is 30.3 Å². The Hall–Kier alpha value is -1.33. The summed E-state index contributed by atoms with van der Waals surface area (Å²) in [4.78, 5) is 0.872. The zero-order chi connectivity index (χ0) is 20.8. The monoisotopic (exact) mass is 488 g/mol. The molecule has 0 unspecified atom stereocenters. The van der Waals surface area contributed by atoms with Gasteiger partial charge in [0, 0.05) is 33.2 Å². The van der Waals surface area contributed by atoms with Gasteiger partial charge in [0.05, 0.1) is 21.9 Å². The normalized spacial score (nSPS) is 15.4. The summed E-state index contributed by atoms with van der Waals surface area (Å²) in [5, 5.41) is 14.1. The highest BCUT2D eigenvalue weighted by atomic mass is 35.5. The zero-order valence-electron chi connectivity index (χ0n) is 14.7. The summed E-state index contributed by atoms with van der Waals surface area (Å²) in [6, 6.07) is 10.7. The van der Waals surface area contributed by atoms with Crippen molar-refractivity contribution in [3.8, 4) is 0 Å². The van der Waals surface area contributed by atoms with E-state index in [1.807, 2.05) is 22.8 Å². The van der Waals surface area contributed by atoms with Crippen LogP contribution in [0.2, 0.25) is 10.0 Å². The molecule has 2 heterocycles. The van der Waals surface area contributed by atoms with E-state index in [0.717, 1.165) is 25.2 Å². The lowest BCUT2D eigenvalue weighted by Gasteiger charge is -2.10. The van der Waals surface area contributed by atoms with E-state index in [4.69, 9.17) is 23.2 Å². The van der Waals surface area contributed by atoms with E-state index in [9.17, 15) is 18.2 Å². The number of aryl methyl sites for hydroxylation is 1. The Morgan fingerprint density at radius 1 is 1.17 bits per heavy atom. The Balaban J connectivity index is 1.73. The number of thiazole rings is 1. The predicted molar refractivity (Wildman–Crippen MR) is 116 cm³/mol. The van der Waals surface area contributed by atoms with Crippen molar-refractivity contribution in [2.45, 2.75) is 17.9 Å². The number of thioether (sulfide) groups is 1. The Bertz CT molecular complexity index is 1240. The van der Waals surface area contributed by atoms with Crippen molar-refractivity contribution in [2.24, 2.45) is 0 Å². The van der Waals surface area contributed by atoms with Crippen LogP contribution in [0.25, 0.3) is 16.3 Å². The standard InChI is InChI=1S/C18H14Cl2N2O4S3/c19-11-2-4-15-13(8-11)21(6-1-7-29(24,25)26)17(27-15)10-18-22(23)14-9-12(20)3-5-16(14)28-18/h2-5,8-10H,1,6-7H2,(H-,23,24,25,26). The van der Waals surface area contributed by atoms with Crippen molar-refractivity contribution in [2.75, 3.05) is 10.8 Å². The number of anilines is 1. The minimum absolute atomic E-state index is 0.177. The van der Waals surface area contributed by atoms with Crippen LogP contribution in [-0.2, 0) is 16.7 Å². The molecule has 1 aliphatic rings. The number of benzene rings is 2. The third kappa shape index (κ3) is 4.56. The highest BCUT2D eigenvalue weighted by molar-refractivity contribution is 8.03. The molecule has 0 amide bonds. The first kappa shape index (κ1) is 20.9. The van der Waals surface area contributed by atoms with Crippen LogP contribution in [0.1, 0.15) is 11.4 Å². The average molecular weight is 489 g/mol. The smallest absolute Gasteiger partial charge is 0.265 e. The third-order valence-electron chi connectivity index (χ3n) is 4.29. The lowest BCUT2D eigenvalue weighted by atomic mass is 10.3. The highest BCUT2D eigenvalue weighted by Gasteiger charge is 2.27. The molecule has 0 saturated heterocycles. The number of aromatic nitrogens is 1. The molecule has 1 N–H and O–H groups in total. The molecular formula is C18H14Cl2N2O4S3. The average Bonchev–Trinajstić information content (AvgIpc) is 3.12. The molecule has 2 aromatic carbocycles. The van der Waals surface area contributed by atoms with Gasteiger partial charge in [0.2, 0.25) is 5.52 Å². The first-order valence-corrected chi connectivity index (χ1v) is 12.4. The van der Waals surface area contributed by atoms with Crippen LogP contribution in [0.4, 0.5) is 5.69 Å². The largest absolute Gasteiger partial charge is 0.748 e. The lowest BCUT2D eigenvalue weighted by Crippen LogP contribution is -2.36. The van der Waals surface area contributed by atoms with Gasteiger partial charge < -0.3 is 4.55 Å². The summed E-state index contributed by atoms with van der Waals surface area (Å²) in [7, 11) is -4.29. The summed E-state index contributed by atoms with van der Waals surface area (Å²) in [6.45, 7) is 0.329. The van der Waals surface area contributed by atoms with Gasteiger partial charge in [-0.1, -0.05) is 46.3 Å². The van der Waals surface area contributed by atoms with Crippen LogP contribution >= 0.6 is 46.3 Å². The van der Waals surface area contributed by atoms with E-state index < -0.39 is 15.9 Å². The van der Waals surface area contributed by atoms with E-state index in [2.05, 4.69) is 0 Å². The van der Waals surface area contributed by atoms with Crippen molar-refractivity contribution < 1.29 is 22.7 Å². The van der Waals surface area contributed by atoms with E-state index in [-0.39, 0.29) is 6.42 Å². The van der Waals surface area contributed by atoms with Crippen LogP contribution in [0.5, 0.6) is 0 Å². The first-order chi connectivity index (χ1) is 13.7. The Morgan fingerprint density at radius 3 is 2.66 bits per heavy atom. The molecule has 3 aromatic rings. The van der Waals surface area contributed by atoms with Crippen LogP contribution in [0.15, 0.2) is 46.3 Å². The van der Waals surface area contributed by atoms with Gasteiger partial charge in [-0.25, -0.2) is 13.5 Å².